The predicted molar refractivity (Wildman–Crippen MR) is 48.3 cm³/mol. The third-order valence-electron chi connectivity index (χ3n) is 1.87. The summed E-state index contributed by atoms with van der Waals surface area (Å²) in [5.74, 6) is -1.19. The Morgan fingerprint density at radius 1 is 1.64 bits per heavy atom. The maximum atomic E-state index is 11.2. The van der Waals surface area contributed by atoms with Gasteiger partial charge in [-0.2, -0.15) is 0 Å². The van der Waals surface area contributed by atoms with Gasteiger partial charge in [-0.05, 0) is 6.42 Å². The van der Waals surface area contributed by atoms with Crippen molar-refractivity contribution in [3.05, 3.63) is 33.1 Å². The molecule has 0 saturated heterocycles. The first kappa shape index (κ1) is 10.2. The largest absolute Gasteiger partial charge is 0.480 e. The number of hydrogen-bond donors (Lipinski definition) is 2. The van der Waals surface area contributed by atoms with Crippen molar-refractivity contribution in [3.63, 3.8) is 0 Å². The summed E-state index contributed by atoms with van der Waals surface area (Å²) in [5.41, 5.74) is -1.31. The number of aromatic amines is 1. The fourth-order valence-electron chi connectivity index (χ4n) is 1.20. The second-order valence-electron chi connectivity index (χ2n) is 2.75. The Labute approximate surface area is 78.8 Å². The topological polar surface area (TPSA) is 92.2 Å². The van der Waals surface area contributed by atoms with Gasteiger partial charge in [-0.3, -0.25) is 4.79 Å². The van der Waals surface area contributed by atoms with Gasteiger partial charge in [-0.1, -0.05) is 6.92 Å². The summed E-state index contributed by atoms with van der Waals surface area (Å²) in [7, 11) is 0. The van der Waals surface area contributed by atoms with Gasteiger partial charge in [0.2, 0.25) is 0 Å². The van der Waals surface area contributed by atoms with E-state index in [0.29, 0.717) is 4.57 Å². The summed E-state index contributed by atoms with van der Waals surface area (Å²) in [6.07, 6.45) is 1.37. The molecule has 0 aliphatic heterocycles. The van der Waals surface area contributed by atoms with Crippen molar-refractivity contribution in [1.82, 2.24) is 9.55 Å². The maximum Gasteiger partial charge on any atom is 0.329 e. The van der Waals surface area contributed by atoms with E-state index in [0.717, 1.165) is 6.07 Å². The van der Waals surface area contributed by atoms with Crippen LogP contribution >= 0.6 is 0 Å². The molecule has 1 atom stereocenters. The van der Waals surface area contributed by atoms with E-state index in [1.165, 1.54) is 6.20 Å². The Hall–Kier alpha value is -1.85. The van der Waals surface area contributed by atoms with Crippen LogP contribution in [0.4, 0.5) is 0 Å². The Kier molecular flexibility index (Phi) is 2.85. The molecule has 0 fully saturated rings. The average molecular weight is 198 g/mol. The minimum atomic E-state index is -1.19. The summed E-state index contributed by atoms with van der Waals surface area (Å²) in [6.45, 7) is 1.59. The van der Waals surface area contributed by atoms with E-state index in [9.17, 15) is 14.4 Å². The van der Waals surface area contributed by atoms with Crippen molar-refractivity contribution in [3.8, 4) is 0 Å². The fourth-order valence-corrected chi connectivity index (χ4v) is 1.20. The highest BCUT2D eigenvalue weighted by atomic mass is 16.4. The molecular formula is C8H10N2O4. The first-order valence-corrected chi connectivity index (χ1v) is 4.11. The van der Waals surface area contributed by atoms with E-state index in [2.05, 4.69) is 4.98 Å². The average Bonchev–Trinajstić information content (AvgIpc) is 2.10. The standard InChI is InChI=1S/C8H10N2O4/c1-2-5(7(12)13)10-6(11)3-4-9-8(10)14/h3-5H,2H2,1H3,(H,9,14)(H,12,13). The van der Waals surface area contributed by atoms with E-state index in [1.807, 2.05) is 0 Å². The smallest absolute Gasteiger partial charge is 0.329 e. The molecule has 0 radical (unpaired) electrons. The van der Waals surface area contributed by atoms with Gasteiger partial charge in [0, 0.05) is 12.3 Å². The minimum Gasteiger partial charge on any atom is -0.480 e. The number of carboxylic acids is 1. The lowest BCUT2D eigenvalue weighted by molar-refractivity contribution is -0.141. The molecular weight excluding hydrogens is 188 g/mol. The molecule has 0 aliphatic carbocycles. The lowest BCUT2D eigenvalue weighted by atomic mass is 10.2. The minimum absolute atomic E-state index is 0.183. The van der Waals surface area contributed by atoms with Crippen LogP contribution in [-0.4, -0.2) is 20.6 Å². The number of nitrogens with one attached hydrogen (secondary N) is 1. The Balaban J connectivity index is 3.37. The van der Waals surface area contributed by atoms with Crippen molar-refractivity contribution in [2.75, 3.05) is 0 Å². The molecule has 6 heteroatoms. The van der Waals surface area contributed by atoms with E-state index in [-0.39, 0.29) is 6.42 Å². The molecule has 0 amide bonds. The van der Waals surface area contributed by atoms with E-state index >= 15 is 0 Å². The lowest BCUT2D eigenvalue weighted by Crippen LogP contribution is -2.39. The van der Waals surface area contributed by atoms with Crippen molar-refractivity contribution in [2.24, 2.45) is 0 Å². The molecule has 2 N–H and O–H groups in total. The van der Waals surface area contributed by atoms with Gasteiger partial charge in [0.15, 0.2) is 0 Å². The van der Waals surface area contributed by atoms with Crippen molar-refractivity contribution in [2.45, 2.75) is 19.4 Å². The number of aromatic nitrogens is 2. The van der Waals surface area contributed by atoms with Crippen molar-refractivity contribution >= 4 is 5.97 Å². The summed E-state index contributed by atoms with van der Waals surface area (Å²) >= 11 is 0. The molecule has 1 rings (SSSR count). The molecule has 1 aromatic heterocycles. The highest BCUT2D eigenvalue weighted by Crippen LogP contribution is 2.04. The van der Waals surface area contributed by atoms with Crippen LogP contribution in [-0.2, 0) is 4.79 Å². The van der Waals surface area contributed by atoms with Crippen LogP contribution in [0, 0.1) is 0 Å². The van der Waals surface area contributed by atoms with E-state index in [4.69, 9.17) is 5.11 Å². The Morgan fingerprint density at radius 2 is 2.29 bits per heavy atom. The van der Waals surface area contributed by atoms with Crippen LogP contribution in [0.3, 0.4) is 0 Å². The zero-order chi connectivity index (χ0) is 10.7. The predicted octanol–water partition coefficient (Wildman–Crippen LogP) is -0.428. The van der Waals surface area contributed by atoms with Gasteiger partial charge in [0.25, 0.3) is 5.56 Å². The molecule has 1 unspecified atom stereocenters. The molecule has 1 aromatic rings. The second-order valence-corrected chi connectivity index (χ2v) is 2.75. The van der Waals surface area contributed by atoms with Crippen molar-refractivity contribution < 1.29 is 9.90 Å². The van der Waals surface area contributed by atoms with Gasteiger partial charge in [0.05, 0.1) is 0 Å². The van der Waals surface area contributed by atoms with Crippen LogP contribution in [0.2, 0.25) is 0 Å². The lowest BCUT2D eigenvalue weighted by Gasteiger charge is -2.10. The molecule has 0 aliphatic rings. The molecule has 1 heterocycles. The summed E-state index contributed by atoms with van der Waals surface area (Å²) in [4.78, 5) is 35.4. The molecule has 0 aromatic carbocycles. The molecule has 0 bridgehead atoms. The molecule has 6 nitrogen and oxygen atoms in total. The zero-order valence-corrected chi connectivity index (χ0v) is 7.56. The Bertz CT molecular complexity index is 417. The molecule has 76 valence electrons. The third-order valence-corrected chi connectivity index (χ3v) is 1.87. The van der Waals surface area contributed by atoms with Crippen molar-refractivity contribution in [1.29, 1.82) is 0 Å². The highest BCUT2D eigenvalue weighted by molar-refractivity contribution is 5.71. The zero-order valence-electron chi connectivity index (χ0n) is 7.56. The monoisotopic (exact) mass is 198 g/mol. The van der Waals surface area contributed by atoms with E-state index in [1.54, 1.807) is 6.92 Å². The van der Waals surface area contributed by atoms with Gasteiger partial charge in [-0.25, -0.2) is 14.2 Å². The fraction of sp³-hybridized carbons (Fsp3) is 0.375. The van der Waals surface area contributed by atoms with Gasteiger partial charge in [0.1, 0.15) is 6.04 Å². The van der Waals surface area contributed by atoms with Crippen LogP contribution in [0.1, 0.15) is 19.4 Å². The number of H-pyrrole nitrogens is 1. The van der Waals surface area contributed by atoms with E-state index < -0.39 is 23.3 Å². The highest BCUT2D eigenvalue weighted by Gasteiger charge is 2.20. The summed E-state index contributed by atoms with van der Waals surface area (Å²) in [5, 5.41) is 8.76. The molecule has 0 spiro atoms. The Morgan fingerprint density at radius 3 is 2.71 bits per heavy atom. The van der Waals surface area contributed by atoms with Gasteiger partial charge >= 0.3 is 11.7 Å². The van der Waals surface area contributed by atoms with Gasteiger partial charge in [-0.15, -0.1) is 0 Å². The van der Waals surface area contributed by atoms with Crippen LogP contribution in [0.15, 0.2) is 21.9 Å². The number of carboxylic acid groups (broad SMARTS) is 1. The maximum absolute atomic E-state index is 11.2. The normalized spacial score (nSPS) is 12.4. The SMILES string of the molecule is CCC(C(=O)O)n1c(=O)cc[nH]c1=O. The first-order valence-electron chi connectivity index (χ1n) is 4.11. The van der Waals surface area contributed by atoms with Crippen LogP contribution < -0.4 is 11.2 Å². The number of nitrogens with zero attached hydrogens (tertiary/aromatic N) is 1. The number of rotatable bonds is 3. The second kappa shape index (κ2) is 3.91. The van der Waals surface area contributed by atoms with Crippen LogP contribution in [0.5, 0.6) is 0 Å². The van der Waals surface area contributed by atoms with Gasteiger partial charge < -0.3 is 10.1 Å². The number of carbonyl (C=O) groups is 1. The molecule has 14 heavy (non-hydrogen) atoms. The number of aliphatic carboxylic acids is 1. The third kappa shape index (κ3) is 1.73. The summed E-state index contributed by atoms with van der Waals surface area (Å²) in [6, 6.07) is 0.0138. The quantitative estimate of drug-likeness (QED) is 0.689. The first-order chi connectivity index (χ1) is 6.57. The number of hydrogen-bond acceptors (Lipinski definition) is 3. The summed E-state index contributed by atoms with van der Waals surface area (Å²) < 4.78 is 0.697. The molecule has 0 saturated carbocycles. The van der Waals surface area contributed by atoms with Crippen LogP contribution in [0.25, 0.3) is 0 Å².